The lowest BCUT2D eigenvalue weighted by molar-refractivity contribution is 0.345. The lowest BCUT2D eigenvalue weighted by Crippen LogP contribution is -2.26. The number of hydrogen-bond acceptors (Lipinski definition) is 6. The summed E-state index contributed by atoms with van der Waals surface area (Å²) in [5, 5.41) is 10.3. The smallest absolute Gasteiger partial charge is 0.271 e. The minimum Gasteiger partial charge on any atom is -0.373 e. The number of nitrogens with zero attached hydrogens (tertiary/aromatic N) is 5. The fraction of sp³-hybridized carbons (Fsp3) is 0.474. The first-order chi connectivity index (χ1) is 12.7. The fourth-order valence-corrected chi connectivity index (χ4v) is 4.89. The van der Waals surface area contributed by atoms with Crippen molar-refractivity contribution in [3.05, 3.63) is 28.4 Å². The Morgan fingerprint density at radius 3 is 2.81 bits per heavy atom. The second kappa shape index (κ2) is 6.69. The molecule has 6 nitrogen and oxygen atoms in total. The topological polar surface area (TPSA) is 74.8 Å². The second-order valence-corrected chi connectivity index (χ2v) is 7.85. The summed E-state index contributed by atoms with van der Waals surface area (Å²) in [4.78, 5) is 25.0. The maximum Gasteiger partial charge on any atom is 0.271 e. The van der Waals surface area contributed by atoms with E-state index in [1.54, 1.807) is 12.5 Å². The summed E-state index contributed by atoms with van der Waals surface area (Å²) < 4.78 is 2.45. The van der Waals surface area contributed by atoms with Gasteiger partial charge in [0.2, 0.25) is 0 Å². The standard InChI is InChI=1S/C19H21N5OS/c1-3-23(2)16-12(9-20)10-21-18-14(16)15-17(26-18)19(25)24(11-22-15)13-7-5-4-6-8-13/h10-11,13H,3-8H2,1-2H3. The Morgan fingerprint density at radius 2 is 2.12 bits per heavy atom. The van der Waals surface area contributed by atoms with Gasteiger partial charge in [-0.05, 0) is 19.8 Å². The first kappa shape index (κ1) is 17.0. The molecule has 3 aromatic rings. The predicted octanol–water partition coefficient (Wildman–Crippen LogP) is 3.84. The minimum atomic E-state index is 0.0218. The Bertz CT molecular complexity index is 1070. The van der Waals surface area contributed by atoms with Gasteiger partial charge >= 0.3 is 0 Å². The molecule has 0 unspecified atom stereocenters. The summed E-state index contributed by atoms with van der Waals surface area (Å²) in [6.07, 6.45) is 8.95. The maximum atomic E-state index is 13.1. The molecule has 1 aliphatic carbocycles. The zero-order chi connectivity index (χ0) is 18.3. The van der Waals surface area contributed by atoms with Gasteiger partial charge in [-0.3, -0.25) is 9.36 Å². The normalized spacial score (nSPS) is 15.4. The Morgan fingerprint density at radius 1 is 1.35 bits per heavy atom. The van der Waals surface area contributed by atoms with E-state index in [9.17, 15) is 10.1 Å². The second-order valence-electron chi connectivity index (χ2n) is 6.86. The zero-order valence-electron chi connectivity index (χ0n) is 15.0. The molecule has 0 radical (unpaired) electrons. The third-order valence-corrected chi connectivity index (χ3v) is 6.43. The van der Waals surface area contributed by atoms with Gasteiger partial charge in [-0.1, -0.05) is 19.3 Å². The van der Waals surface area contributed by atoms with Crippen LogP contribution in [-0.2, 0) is 0 Å². The van der Waals surface area contributed by atoms with Crippen LogP contribution in [-0.4, -0.2) is 28.1 Å². The monoisotopic (exact) mass is 367 g/mol. The number of thiophene rings is 1. The summed E-state index contributed by atoms with van der Waals surface area (Å²) in [7, 11) is 1.95. The van der Waals surface area contributed by atoms with Crippen molar-refractivity contribution in [2.75, 3.05) is 18.5 Å². The molecular formula is C19H21N5OS. The van der Waals surface area contributed by atoms with Crippen molar-refractivity contribution in [2.45, 2.75) is 45.1 Å². The number of anilines is 1. The van der Waals surface area contributed by atoms with Crippen molar-refractivity contribution in [1.29, 1.82) is 5.26 Å². The van der Waals surface area contributed by atoms with Crippen LogP contribution in [0.3, 0.4) is 0 Å². The lowest BCUT2D eigenvalue weighted by Gasteiger charge is -2.23. The van der Waals surface area contributed by atoms with Crippen molar-refractivity contribution in [2.24, 2.45) is 0 Å². The first-order valence-electron chi connectivity index (χ1n) is 9.09. The number of rotatable bonds is 3. The molecule has 0 N–H and O–H groups in total. The van der Waals surface area contributed by atoms with Gasteiger partial charge in [-0.15, -0.1) is 11.3 Å². The van der Waals surface area contributed by atoms with Crippen LogP contribution in [0.2, 0.25) is 0 Å². The maximum absolute atomic E-state index is 13.1. The van der Waals surface area contributed by atoms with Crippen molar-refractivity contribution in [1.82, 2.24) is 14.5 Å². The summed E-state index contributed by atoms with van der Waals surface area (Å²) in [6.45, 7) is 2.79. The molecule has 1 saturated carbocycles. The van der Waals surface area contributed by atoms with Gasteiger partial charge in [0, 0.05) is 25.8 Å². The van der Waals surface area contributed by atoms with Crippen molar-refractivity contribution in [3.63, 3.8) is 0 Å². The summed E-state index contributed by atoms with van der Waals surface area (Å²) in [5.74, 6) is 0. The molecule has 3 heterocycles. The molecule has 7 heteroatoms. The zero-order valence-corrected chi connectivity index (χ0v) is 15.8. The van der Waals surface area contributed by atoms with E-state index in [1.165, 1.54) is 30.6 Å². The molecule has 134 valence electrons. The number of pyridine rings is 1. The van der Waals surface area contributed by atoms with Gasteiger partial charge in [-0.2, -0.15) is 5.26 Å². The Labute approximate surface area is 155 Å². The van der Waals surface area contributed by atoms with Crippen LogP contribution in [0.5, 0.6) is 0 Å². The molecule has 1 fully saturated rings. The molecule has 0 aromatic carbocycles. The van der Waals surface area contributed by atoms with Crippen LogP contribution in [0, 0.1) is 11.3 Å². The summed E-state index contributed by atoms with van der Waals surface area (Å²) >= 11 is 1.38. The number of nitriles is 1. The van der Waals surface area contributed by atoms with Crippen LogP contribution < -0.4 is 10.5 Å². The lowest BCUT2D eigenvalue weighted by atomic mass is 9.95. The highest BCUT2D eigenvalue weighted by atomic mass is 32.1. The molecule has 4 rings (SSSR count). The SMILES string of the molecule is CCN(C)c1c(C#N)cnc2sc3c(=O)n(C4CCCCC4)cnc3c12. The predicted molar refractivity (Wildman–Crippen MR) is 105 cm³/mol. The van der Waals surface area contributed by atoms with Gasteiger partial charge in [0.15, 0.2) is 0 Å². The van der Waals surface area contributed by atoms with Crippen LogP contribution in [0.1, 0.15) is 50.6 Å². The van der Waals surface area contributed by atoms with Crippen molar-refractivity contribution < 1.29 is 0 Å². The van der Waals surface area contributed by atoms with E-state index in [1.807, 2.05) is 23.4 Å². The molecule has 26 heavy (non-hydrogen) atoms. The average Bonchev–Trinajstić information content (AvgIpc) is 3.07. The molecule has 0 bridgehead atoms. The Balaban J connectivity index is 1.99. The van der Waals surface area contributed by atoms with Gasteiger partial charge < -0.3 is 4.90 Å². The van der Waals surface area contributed by atoms with E-state index >= 15 is 0 Å². The van der Waals surface area contributed by atoms with E-state index in [2.05, 4.69) is 16.0 Å². The van der Waals surface area contributed by atoms with Crippen LogP contribution >= 0.6 is 11.3 Å². The van der Waals surface area contributed by atoms with E-state index in [0.29, 0.717) is 15.8 Å². The summed E-state index contributed by atoms with van der Waals surface area (Å²) in [5.41, 5.74) is 2.02. The van der Waals surface area contributed by atoms with E-state index < -0.39 is 0 Å². The van der Waals surface area contributed by atoms with Gasteiger partial charge in [0.05, 0.1) is 23.0 Å². The van der Waals surface area contributed by atoms with E-state index in [-0.39, 0.29) is 11.6 Å². The minimum absolute atomic E-state index is 0.0218. The highest BCUT2D eigenvalue weighted by molar-refractivity contribution is 7.25. The average molecular weight is 367 g/mol. The van der Waals surface area contributed by atoms with Crippen LogP contribution in [0.15, 0.2) is 17.3 Å². The van der Waals surface area contributed by atoms with Crippen molar-refractivity contribution in [3.8, 4) is 6.07 Å². The quantitative estimate of drug-likeness (QED) is 0.703. The number of fused-ring (bicyclic) bond motifs is 3. The summed E-state index contributed by atoms with van der Waals surface area (Å²) in [6, 6.07) is 2.47. The molecule has 0 aliphatic heterocycles. The highest BCUT2D eigenvalue weighted by Crippen LogP contribution is 2.38. The largest absolute Gasteiger partial charge is 0.373 e. The molecular weight excluding hydrogens is 346 g/mol. The van der Waals surface area contributed by atoms with Gasteiger partial charge in [0.25, 0.3) is 5.56 Å². The first-order valence-corrected chi connectivity index (χ1v) is 9.91. The van der Waals surface area contributed by atoms with E-state index in [4.69, 9.17) is 0 Å². The molecule has 3 aromatic heterocycles. The molecule has 0 saturated heterocycles. The highest BCUT2D eigenvalue weighted by Gasteiger charge is 2.22. The number of hydrogen-bond donors (Lipinski definition) is 0. The van der Waals surface area contributed by atoms with Gasteiger partial charge in [-0.25, -0.2) is 9.97 Å². The van der Waals surface area contributed by atoms with Crippen LogP contribution in [0.25, 0.3) is 20.4 Å². The fourth-order valence-electron chi connectivity index (χ4n) is 3.85. The van der Waals surface area contributed by atoms with E-state index in [0.717, 1.165) is 35.3 Å². The molecule has 0 atom stereocenters. The Hall–Kier alpha value is -2.46. The third kappa shape index (κ3) is 2.56. The Kier molecular flexibility index (Phi) is 4.37. The molecule has 1 aliphatic rings. The van der Waals surface area contributed by atoms with Gasteiger partial charge in [0.1, 0.15) is 21.1 Å². The molecule has 0 amide bonds. The van der Waals surface area contributed by atoms with Crippen LogP contribution in [0.4, 0.5) is 5.69 Å². The number of aromatic nitrogens is 3. The molecule has 0 spiro atoms. The van der Waals surface area contributed by atoms with Crippen molar-refractivity contribution >= 4 is 37.5 Å². The third-order valence-electron chi connectivity index (χ3n) is 5.35.